The van der Waals surface area contributed by atoms with Gasteiger partial charge >= 0.3 is 0 Å². The van der Waals surface area contributed by atoms with E-state index in [1.165, 1.54) is 0 Å². The Bertz CT molecular complexity index is 267. The van der Waals surface area contributed by atoms with E-state index in [0.29, 0.717) is 6.42 Å². The van der Waals surface area contributed by atoms with Crippen LogP contribution < -0.4 is 5.32 Å². The minimum absolute atomic E-state index is 0.0556. The van der Waals surface area contributed by atoms with Crippen LogP contribution in [0.3, 0.4) is 0 Å². The Kier molecular flexibility index (Phi) is 4.40. The Morgan fingerprint density at radius 3 is 3.00 bits per heavy atom. The molecular formula is C11H17NO2. The number of Topliss-reactive ketones (excluding diaryl/α,β-unsaturated/α-hetero) is 1. The number of nitrogens with one attached hydrogen (secondary N) is 1. The first-order valence-corrected chi connectivity index (χ1v) is 4.99. The lowest BCUT2D eigenvalue weighted by atomic mass is 10.0. The number of carbonyl (C=O) groups excluding carboxylic acids is 1. The van der Waals surface area contributed by atoms with E-state index in [1.54, 1.807) is 12.3 Å². The fourth-order valence-electron chi connectivity index (χ4n) is 1.23. The van der Waals surface area contributed by atoms with Crippen molar-refractivity contribution in [2.24, 2.45) is 5.92 Å². The summed E-state index contributed by atoms with van der Waals surface area (Å²) < 4.78 is 5.12. The highest BCUT2D eigenvalue weighted by atomic mass is 16.3. The number of hydrogen-bond acceptors (Lipinski definition) is 3. The van der Waals surface area contributed by atoms with Gasteiger partial charge in [-0.2, -0.15) is 0 Å². The summed E-state index contributed by atoms with van der Waals surface area (Å²) in [6.07, 6.45) is 2.00. The first kappa shape index (κ1) is 11.0. The molecule has 0 spiro atoms. The molecule has 1 aromatic heterocycles. The molecule has 0 bridgehead atoms. The Morgan fingerprint density at radius 1 is 1.64 bits per heavy atom. The predicted molar refractivity (Wildman–Crippen MR) is 55.1 cm³/mol. The molecule has 0 aliphatic carbocycles. The van der Waals surface area contributed by atoms with Gasteiger partial charge in [-0.15, -0.1) is 0 Å². The lowest BCUT2D eigenvalue weighted by Crippen LogP contribution is -2.27. The average Bonchev–Trinajstić information content (AvgIpc) is 2.66. The van der Waals surface area contributed by atoms with Crippen molar-refractivity contribution in [3.05, 3.63) is 24.2 Å². The van der Waals surface area contributed by atoms with Crippen molar-refractivity contribution in [1.29, 1.82) is 0 Å². The van der Waals surface area contributed by atoms with Crippen molar-refractivity contribution in [3.63, 3.8) is 0 Å². The third-order valence-corrected chi connectivity index (χ3v) is 2.18. The van der Waals surface area contributed by atoms with Gasteiger partial charge in [-0.25, -0.2) is 0 Å². The van der Waals surface area contributed by atoms with Crippen LogP contribution in [0.1, 0.15) is 19.6 Å². The molecular weight excluding hydrogens is 178 g/mol. The Morgan fingerprint density at radius 2 is 2.43 bits per heavy atom. The van der Waals surface area contributed by atoms with E-state index >= 15 is 0 Å². The Hall–Kier alpha value is -1.09. The van der Waals surface area contributed by atoms with Crippen LogP contribution in [-0.4, -0.2) is 18.9 Å². The second kappa shape index (κ2) is 5.60. The quantitative estimate of drug-likeness (QED) is 0.750. The van der Waals surface area contributed by atoms with E-state index in [4.69, 9.17) is 4.42 Å². The van der Waals surface area contributed by atoms with E-state index in [2.05, 4.69) is 5.32 Å². The van der Waals surface area contributed by atoms with Crippen LogP contribution in [-0.2, 0) is 11.2 Å². The number of carbonyl (C=O) groups is 1. The van der Waals surface area contributed by atoms with Crippen LogP contribution in [0.25, 0.3) is 0 Å². The lowest BCUT2D eigenvalue weighted by molar-refractivity contribution is -0.121. The van der Waals surface area contributed by atoms with E-state index in [1.807, 2.05) is 19.9 Å². The smallest absolute Gasteiger partial charge is 0.144 e. The van der Waals surface area contributed by atoms with Crippen LogP contribution in [0, 0.1) is 5.92 Å². The monoisotopic (exact) mass is 195 g/mol. The van der Waals surface area contributed by atoms with Gasteiger partial charge in [-0.3, -0.25) is 4.79 Å². The minimum Gasteiger partial charge on any atom is -0.469 e. The second-order valence-electron chi connectivity index (χ2n) is 3.43. The zero-order chi connectivity index (χ0) is 10.4. The van der Waals surface area contributed by atoms with Gasteiger partial charge < -0.3 is 9.73 Å². The van der Waals surface area contributed by atoms with Gasteiger partial charge in [0.15, 0.2) is 0 Å². The van der Waals surface area contributed by atoms with Gasteiger partial charge in [0, 0.05) is 12.5 Å². The van der Waals surface area contributed by atoms with E-state index in [-0.39, 0.29) is 11.7 Å². The maximum absolute atomic E-state index is 11.6. The molecule has 3 nitrogen and oxygen atoms in total. The molecule has 3 heteroatoms. The molecule has 1 rings (SSSR count). The summed E-state index contributed by atoms with van der Waals surface area (Å²) in [5, 5.41) is 3.16. The van der Waals surface area contributed by atoms with Crippen LogP contribution >= 0.6 is 0 Å². The third-order valence-electron chi connectivity index (χ3n) is 2.18. The van der Waals surface area contributed by atoms with Crippen molar-refractivity contribution in [2.75, 3.05) is 13.1 Å². The van der Waals surface area contributed by atoms with Gasteiger partial charge in [0.2, 0.25) is 0 Å². The topological polar surface area (TPSA) is 42.2 Å². The molecule has 0 amide bonds. The summed E-state index contributed by atoms with van der Waals surface area (Å²) in [5.74, 6) is 1.03. The number of ketones is 1. The highest BCUT2D eigenvalue weighted by Gasteiger charge is 2.13. The van der Waals surface area contributed by atoms with Crippen LogP contribution in [0.4, 0.5) is 0 Å². The van der Waals surface area contributed by atoms with Crippen molar-refractivity contribution < 1.29 is 9.21 Å². The number of hydrogen-bond donors (Lipinski definition) is 1. The largest absolute Gasteiger partial charge is 0.469 e. The third kappa shape index (κ3) is 3.34. The normalized spacial score (nSPS) is 12.7. The lowest BCUT2D eigenvalue weighted by Gasteiger charge is -2.09. The summed E-state index contributed by atoms with van der Waals surface area (Å²) in [5.41, 5.74) is 0. The van der Waals surface area contributed by atoms with Gasteiger partial charge in [-0.1, -0.05) is 13.8 Å². The first-order valence-electron chi connectivity index (χ1n) is 4.99. The second-order valence-corrected chi connectivity index (χ2v) is 3.43. The van der Waals surface area contributed by atoms with E-state index in [0.717, 1.165) is 18.8 Å². The fourth-order valence-corrected chi connectivity index (χ4v) is 1.23. The van der Waals surface area contributed by atoms with Crippen LogP contribution in [0.5, 0.6) is 0 Å². The van der Waals surface area contributed by atoms with Crippen LogP contribution in [0.2, 0.25) is 0 Å². The standard InChI is InChI=1S/C11H17NO2/c1-3-12-8-9(2)11(13)7-10-5-4-6-14-10/h4-6,9,12H,3,7-8H2,1-2H3. The maximum Gasteiger partial charge on any atom is 0.144 e. The van der Waals surface area contributed by atoms with Crippen molar-refractivity contribution in [1.82, 2.24) is 5.32 Å². The molecule has 1 aromatic rings. The summed E-state index contributed by atoms with van der Waals surface area (Å²) in [6, 6.07) is 3.63. The van der Waals surface area contributed by atoms with E-state index in [9.17, 15) is 4.79 Å². The SMILES string of the molecule is CCNCC(C)C(=O)Cc1ccco1. The van der Waals surface area contributed by atoms with Gasteiger partial charge in [0.05, 0.1) is 12.7 Å². The molecule has 0 saturated heterocycles. The van der Waals surface area contributed by atoms with Crippen molar-refractivity contribution in [3.8, 4) is 0 Å². The van der Waals surface area contributed by atoms with Crippen LogP contribution in [0.15, 0.2) is 22.8 Å². The Balaban J connectivity index is 2.34. The summed E-state index contributed by atoms with van der Waals surface area (Å²) in [4.78, 5) is 11.6. The molecule has 14 heavy (non-hydrogen) atoms. The molecule has 1 unspecified atom stereocenters. The molecule has 0 aliphatic heterocycles. The molecule has 0 aliphatic rings. The molecule has 0 fully saturated rings. The predicted octanol–water partition coefficient (Wildman–Crippen LogP) is 1.64. The summed E-state index contributed by atoms with van der Waals surface area (Å²) in [6.45, 7) is 5.62. The van der Waals surface area contributed by atoms with E-state index < -0.39 is 0 Å². The molecule has 1 heterocycles. The van der Waals surface area contributed by atoms with Gasteiger partial charge in [-0.05, 0) is 18.7 Å². The van der Waals surface area contributed by atoms with Crippen molar-refractivity contribution in [2.45, 2.75) is 20.3 Å². The maximum atomic E-state index is 11.6. The molecule has 1 N–H and O–H groups in total. The van der Waals surface area contributed by atoms with Crippen molar-refractivity contribution >= 4 is 5.78 Å². The number of furan rings is 1. The highest BCUT2D eigenvalue weighted by molar-refractivity contribution is 5.82. The highest BCUT2D eigenvalue weighted by Crippen LogP contribution is 2.06. The number of rotatable bonds is 6. The zero-order valence-electron chi connectivity index (χ0n) is 8.75. The average molecular weight is 195 g/mol. The zero-order valence-corrected chi connectivity index (χ0v) is 8.75. The van der Waals surface area contributed by atoms with Gasteiger partial charge in [0.25, 0.3) is 0 Å². The molecule has 1 atom stereocenters. The first-order chi connectivity index (χ1) is 6.74. The summed E-state index contributed by atoms with van der Waals surface area (Å²) >= 11 is 0. The molecule has 0 saturated carbocycles. The summed E-state index contributed by atoms with van der Waals surface area (Å²) in [7, 11) is 0. The molecule has 0 radical (unpaired) electrons. The Labute approximate surface area is 84.5 Å². The molecule has 78 valence electrons. The fraction of sp³-hybridized carbons (Fsp3) is 0.545. The molecule has 0 aromatic carbocycles. The van der Waals surface area contributed by atoms with Gasteiger partial charge in [0.1, 0.15) is 11.5 Å². The minimum atomic E-state index is 0.0556.